The molecule has 0 radical (unpaired) electrons. The van der Waals surface area contributed by atoms with Crippen molar-refractivity contribution in [1.29, 1.82) is 0 Å². The van der Waals surface area contributed by atoms with E-state index >= 15 is 0 Å². The molecule has 0 unspecified atom stereocenters. The summed E-state index contributed by atoms with van der Waals surface area (Å²) in [6, 6.07) is 7.86. The summed E-state index contributed by atoms with van der Waals surface area (Å²) < 4.78 is 5.63. The van der Waals surface area contributed by atoms with Crippen molar-refractivity contribution in [2.75, 3.05) is 19.7 Å². The van der Waals surface area contributed by atoms with Gasteiger partial charge in [-0.3, -0.25) is 4.79 Å². The Morgan fingerprint density at radius 2 is 2.15 bits per heavy atom. The Bertz CT molecular complexity index is 430. The highest BCUT2D eigenvalue weighted by molar-refractivity contribution is 5.77. The van der Waals surface area contributed by atoms with Crippen LogP contribution in [0.2, 0.25) is 0 Å². The third kappa shape index (κ3) is 5.21. The van der Waals surface area contributed by atoms with Crippen LogP contribution < -0.4 is 15.4 Å². The van der Waals surface area contributed by atoms with Crippen LogP contribution in [0.4, 0.5) is 0 Å². The van der Waals surface area contributed by atoms with E-state index in [-0.39, 0.29) is 12.5 Å². The number of carbonyl (C=O) groups is 1. The quantitative estimate of drug-likeness (QED) is 0.679. The van der Waals surface area contributed by atoms with Gasteiger partial charge in [0.1, 0.15) is 5.75 Å². The average Bonchev–Trinajstić information content (AvgIpc) is 3.28. The number of benzene rings is 1. The number of hydrogen-bond acceptors (Lipinski definition) is 3. The van der Waals surface area contributed by atoms with E-state index in [0.717, 1.165) is 37.4 Å². The summed E-state index contributed by atoms with van der Waals surface area (Å²) in [5.74, 6) is 1.45. The molecule has 1 aliphatic rings. The fourth-order valence-corrected chi connectivity index (χ4v) is 1.96. The molecular formula is C16H24N2O2. The Kier molecular flexibility index (Phi) is 5.87. The molecule has 110 valence electrons. The van der Waals surface area contributed by atoms with Gasteiger partial charge in [0.15, 0.2) is 6.61 Å². The molecule has 0 atom stereocenters. The number of rotatable bonds is 9. The molecule has 4 nitrogen and oxygen atoms in total. The van der Waals surface area contributed by atoms with Gasteiger partial charge >= 0.3 is 0 Å². The van der Waals surface area contributed by atoms with Gasteiger partial charge in [-0.2, -0.15) is 0 Å². The van der Waals surface area contributed by atoms with Crippen molar-refractivity contribution in [2.24, 2.45) is 5.92 Å². The van der Waals surface area contributed by atoms with Crippen LogP contribution in [0.25, 0.3) is 0 Å². The predicted octanol–water partition coefficient (Wildman–Crippen LogP) is 2.09. The smallest absolute Gasteiger partial charge is 0.257 e. The first-order valence-corrected chi connectivity index (χ1v) is 7.47. The van der Waals surface area contributed by atoms with Crippen LogP contribution in [-0.2, 0) is 11.3 Å². The van der Waals surface area contributed by atoms with Crippen LogP contribution >= 0.6 is 0 Å². The summed E-state index contributed by atoms with van der Waals surface area (Å²) in [5, 5.41) is 6.25. The highest BCUT2D eigenvalue weighted by Crippen LogP contribution is 2.27. The van der Waals surface area contributed by atoms with Crippen molar-refractivity contribution in [2.45, 2.75) is 32.7 Å². The second-order valence-electron chi connectivity index (χ2n) is 5.32. The van der Waals surface area contributed by atoms with Gasteiger partial charge in [-0.1, -0.05) is 25.1 Å². The second kappa shape index (κ2) is 7.90. The van der Waals surface area contributed by atoms with E-state index in [1.165, 1.54) is 12.8 Å². The number of para-hydroxylation sites is 1. The Labute approximate surface area is 120 Å². The predicted molar refractivity (Wildman–Crippen MR) is 79.7 cm³/mol. The summed E-state index contributed by atoms with van der Waals surface area (Å²) in [6.45, 7) is 4.78. The highest BCUT2D eigenvalue weighted by Gasteiger charge is 2.21. The summed E-state index contributed by atoms with van der Waals surface area (Å²) in [5.41, 5.74) is 1.09. The molecule has 1 aromatic rings. The zero-order valence-electron chi connectivity index (χ0n) is 12.2. The van der Waals surface area contributed by atoms with Crippen molar-refractivity contribution in [3.63, 3.8) is 0 Å². The maximum Gasteiger partial charge on any atom is 0.257 e. The van der Waals surface area contributed by atoms with Crippen LogP contribution in [-0.4, -0.2) is 25.6 Å². The number of amides is 1. The minimum Gasteiger partial charge on any atom is -0.483 e. The highest BCUT2D eigenvalue weighted by atomic mass is 16.5. The molecule has 2 N–H and O–H groups in total. The molecular weight excluding hydrogens is 252 g/mol. The van der Waals surface area contributed by atoms with Crippen molar-refractivity contribution in [1.82, 2.24) is 10.6 Å². The normalized spacial score (nSPS) is 14.1. The van der Waals surface area contributed by atoms with Gasteiger partial charge in [-0.25, -0.2) is 0 Å². The van der Waals surface area contributed by atoms with Crippen LogP contribution in [0.3, 0.4) is 0 Å². The molecule has 0 heterocycles. The molecule has 4 heteroatoms. The van der Waals surface area contributed by atoms with Gasteiger partial charge in [0.05, 0.1) is 0 Å². The van der Waals surface area contributed by atoms with E-state index in [1.807, 2.05) is 24.3 Å². The molecule has 1 amide bonds. The van der Waals surface area contributed by atoms with Crippen molar-refractivity contribution < 1.29 is 9.53 Å². The molecule has 1 aromatic carbocycles. The molecule has 1 fully saturated rings. The molecule has 1 aliphatic carbocycles. The zero-order chi connectivity index (χ0) is 14.2. The fraction of sp³-hybridized carbons (Fsp3) is 0.562. The standard InChI is InChI=1S/C16H24N2O2/c1-2-9-17-11-14-5-3-4-6-15(14)20-12-16(19)18-10-13-7-8-13/h3-6,13,17H,2,7-12H2,1H3,(H,18,19). The Morgan fingerprint density at radius 3 is 2.90 bits per heavy atom. The minimum atomic E-state index is -0.0341. The molecule has 1 saturated carbocycles. The van der Waals surface area contributed by atoms with Crippen LogP contribution in [0.15, 0.2) is 24.3 Å². The van der Waals surface area contributed by atoms with Gasteiger partial charge in [0, 0.05) is 18.7 Å². The SMILES string of the molecule is CCCNCc1ccccc1OCC(=O)NCC1CC1. The number of nitrogens with one attached hydrogen (secondary N) is 2. The first-order valence-electron chi connectivity index (χ1n) is 7.47. The maximum absolute atomic E-state index is 11.7. The van der Waals surface area contributed by atoms with E-state index < -0.39 is 0 Å². The summed E-state index contributed by atoms with van der Waals surface area (Å²) in [7, 11) is 0. The molecule has 2 rings (SSSR count). The average molecular weight is 276 g/mol. The fourth-order valence-electron chi connectivity index (χ4n) is 1.96. The summed E-state index contributed by atoms with van der Waals surface area (Å²) >= 11 is 0. The first-order chi connectivity index (χ1) is 9.79. The van der Waals surface area contributed by atoms with E-state index in [1.54, 1.807) is 0 Å². The van der Waals surface area contributed by atoms with Crippen molar-refractivity contribution >= 4 is 5.91 Å². The lowest BCUT2D eigenvalue weighted by atomic mass is 10.2. The second-order valence-corrected chi connectivity index (χ2v) is 5.32. The van der Waals surface area contributed by atoms with E-state index in [2.05, 4.69) is 17.6 Å². The molecule has 0 bridgehead atoms. The van der Waals surface area contributed by atoms with Gasteiger partial charge < -0.3 is 15.4 Å². The monoisotopic (exact) mass is 276 g/mol. The van der Waals surface area contributed by atoms with Crippen molar-refractivity contribution in [3.05, 3.63) is 29.8 Å². The van der Waals surface area contributed by atoms with Crippen LogP contribution in [0, 0.1) is 5.92 Å². The molecule has 0 spiro atoms. The van der Waals surface area contributed by atoms with Crippen LogP contribution in [0.1, 0.15) is 31.7 Å². The van der Waals surface area contributed by atoms with E-state index in [0.29, 0.717) is 5.92 Å². The van der Waals surface area contributed by atoms with Gasteiger partial charge in [0.25, 0.3) is 5.91 Å². The van der Waals surface area contributed by atoms with Gasteiger partial charge in [-0.15, -0.1) is 0 Å². The summed E-state index contributed by atoms with van der Waals surface area (Å²) in [4.78, 5) is 11.7. The Morgan fingerprint density at radius 1 is 1.35 bits per heavy atom. The Balaban J connectivity index is 1.76. The number of ether oxygens (including phenoxy) is 1. The first kappa shape index (κ1) is 14.9. The van der Waals surface area contributed by atoms with Gasteiger partial charge in [-0.05, 0) is 37.8 Å². The molecule has 0 aromatic heterocycles. The van der Waals surface area contributed by atoms with E-state index in [9.17, 15) is 4.79 Å². The molecule has 0 saturated heterocycles. The minimum absolute atomic E-state index is 0.0341. The lowest BCUT2D eigenvalue weighted by Crippen LogP contribution is -2.30. The topological polar surface area (TPSA) is 50.4 Å². The van der Waals surface area contributed by atoms with Crippen molar-refractivity contribution in [3.8, 4) is 5.75 Å². The molecule has 0 aliphatic heterocycles. The molecule has 20 heavy (non-hydrogen) atoms. The number of carbonyl (C=O) groups excluding carboxylic acids is 1. The third-order valence-corrected chi connectivity index (χ3v) is 3.36. The lowest BCUT2D eigenvalue weighted by Gasteiger charge is -2.12. The summed E-state index contributed by atoms with van der Waals surface area (Å²) in [6.07, 6.45) is 3.59. The van der Waals surface area contributed by atoms with E-state index in [4.69, 9.17) is 4.74 Å². The largest absolute Gasteiger partial charge is 0.483 e. The maximum atomic E-state index is 11.7. The lowest BCUT2D eigenvalue weighted by molar-refractivity contribution is -0.123. The Hall–Kier alpha value is -1.55. The third-order valence-electron chi connectivity index (χ3n) is 3.36. The van der Waals surface area contributed by atoms with Crippen LogP contribution in [0.5, 0.6) is 5.75 Å². The zero-order valence-corrected chi connectivity index (χ0v) is 12.2. The number of hydrogen-bond donors (Lipinski definition) is 2. The van der Waals surface area contributed by atoms with Gasteiger partial charge in [0.2, 0.25) is 0 Å².